The van der Waals surface area contributed by atoms with Gasteiger partial charge in [-0.1, -0.05) is 17.7 Å². The van der Waals surface area contributed by atoms with Gasteiger partial charge >= 0.3 is 0 Å². The van der Waals surface area contributed by atoms with E-state index in [1.165, 1.54) is 6.92 Å². The van der Waals surface area contributed by atoms with Crippen LogP contribution in [0.1, 0.15) is 43.4 Å². The summed E-state index contributed by atoms with van der Waals surface area (Å²) in [6.45, 7) is 5.74. The van der Waals surface area contributed by atoms with Crippen molar-refractivity contribution in [1.82, 2.24) is 4.98 Å². The average Bonchev–Trinajstić information content (AvgIpc) is 2.60. The second kappa shape index (κ2) is 7.19. The number of pyridine rings is 1. The maximum atomic E-state index is 12.5. The van der Waals surface area contributed by atoms with E-state index in [0.717, 1.165) is 22.5 Å². The van der Waals surface area contributed by atoms with E-state index in [9.17, 15) is 4.79 Å². The maximum Gasteiger partial charge on any atom is 0.219 e. The number of halogens is 1. The Morgan fingerprint density at radius 1 is 1.42 bits per heavy atom. The predicted octanol–water partition coefficient (Wildman–Crippen LogP) is 4.43. The molecule has 26 heavy (non-hydrogen) atoms. The van der Waals surface area contributed by atoms with Gasteiger partial charge in [-0.3, -0.25) is 4.79 Å². The smallest absolute Gasteiger partial charge is 0.219 e. The van der Waals surface area contributed by atoms with Crippen LogP contribution in [0.2, 0.25) is 5.02 Å². The molecule has 1 N–H and O–H groups in total. The topological polar surface area (TPSA) is 75.0 Å². The number of hydrogen-bond donors (Lipinski definition) is 1. The monoisotopic (exact) mass is 367 g/mol. The molecule has 0 aliphatic carbocycles. The molecule has 132 valence electrons. The lowest BCUT2D eigenvalue weighted by Crippen LogP contribution is -2.23. The number of ether oxygens (including phenoxy) is 1. The molecule has 1 aliphatic heterocycles. The number of nitriles is 1. The Balaban J connectivity index is 2.30. The van der Waals surface area contributed by atoms with Gasteiger partial charge in [0.05, 0.1) is 18.2 Å². The van der Waals surface area contributed by atoms with E-state index in [1.54, 1.807) is 24.4 Å². The first-order valence-electron chi connectivity index (χ1n) is 8.27. The van der Waals surface area contributed by atoms with Crippen molar-refractivity contribution in [3.05, 3.63) is 63.4 Å². The summed E-state index contributed by atoms with van der Waals surface area (Å²) in [5.74, 6) is -0.00852. The third-order valence-electron chi connectivity index (χ3n) is 4.36. The van der Waals surface area contributed by atoms with Crippen LogP contribution in [0.4, 0.5) is 5.69 Å². The fourth-order valence-electron chi connectivity index (χ4n) is 3.33. The van der Waals surface area contributed by atoms with Crippen molar-refractivity contribution in [3.63, 3.8) is 0 Å². The minimum absolute atomic E-state index is 0.0580. The Hall–Kier alpha value is -2.84. The zero-order valence-electron chi connectivity index (χ0n) is 14.8. The van der Waals surface area contributed by atoms with E-state index in [2.05, 4.69) is 16.4 Å². The molecule has 2 heterocycles. The highest BCUT2D eigenvalue weighted by Gasteiger charge is 2.34. The summed E-state index contributed by atoms with van der Waals surface area (Å²) < 4.78 is 5.72. The molecule has 0 bridgehead atoms. The fraction of sp³-hybridized carbons (Fsp3) is 0.250. The predicted molar refractivity (Wildman–Crippen MR) is 100 cm³/mol. The largest absolute Gasteiger partial charge is 0.478 e. The molecule has 2 aromatic rings. The molecule has 1 aliphatic rings. The van der Waals surface area contributed by atoms with Gasteiger partial charge in [-0.25, -0.2) is 4.98 Å². The molecule has 1 aromatic carbocycles. The molecule has 1 atom stereocenters. The van der Waals surface area contributed by atoms with Crippen molar-refractivity contribution in [3.8, 4) is 11.9 Å². The third kappa shape index (κ3) is 3.04. The normalized spacial score (nSPS) is 15.7. The van der Waals surface area contributed by atoms with Crippen LogP contribution in [0.5, 0.6) is 5.88 Å². The summed E-state index contributed by atoms with van der Waals surface area (Å²) in [6, 6.07) is 9.03. The maximum absolute atomic E-state index is 12.5. The summed E-state index contributed by atoms with van der Waals surface area (Å²) in [5, 5.41) is 12.8. The van der Waals surface area contributed by atoms with Gasteiger partial charge in [0.15, 0.2) is 5.78 Å². The molecule has 0 fully saturated rings. The van der Waals surface area contributed by atoms with E-state index < -0.39 is 5.92 Å². The van der Waals surface area contributed by atoms with Crippen molar-refractivity contribution in [2.75, 3.05) is 11.9 Å². The number of aromatic nitrogens is 1. The van der Waals surface area contributed by atoms with Gasteiger partial charge in [0, 0.05) is 39.7 Å². The SMILES string of the molecule is CCOc1nccc2c1C(c1ccc(C#N)cc1Cl)C(C(C)=O)=C(C)N2. The van der Waals surface area contributed by atoms with Gasteiger partial charge < -0.3 is 10.1 Å². The van der Waals surface area contributed by atoms with Gasteiger partial charge in [0.1, 0.15) is 0 Å². The van der Waals surface area contributed by atoms with Crippen LogP contribution in [0.25, 0.3) is 0 Å². The highest BCUT2D eigenvalue weighted by molar-refractivity contribution is 6.31. The zero-order chi connectivity index (χ0) is 18.8. The van der Waals surface area contributed by atoms with Crippen LogP contribution >= 0.6 is 11.6 Å². The number of ketones is 1. The molecule has 5 nitrogen and oxygen atoms in total. The quantitative estimate of drug-likeness (QED) is 0.865. The van der Waals surface area contributed by atoms with Crippen molar-refractivity contribution in [2.24, 2.45) is 0 Å². The number of carbonyl (C=O) groups excluding carboxylic acids is 1. The molecule has 1 unspecified atom stereocenters. The number of fused-ring (bicyclic) bond motifs is 1. The Bertz CT molecular complexity index is 960. The molecule has 0 amide bonds. The minimum Gasteiger partial charge on any atom is -0.478 e. The molecule has 3 rings (SSSR count). The highest BCUT2D eigenvalue weighted by atomic mass is 35.5. The second-order valence-electron chi connectivity index (χ2n) is 6.01. The Morgan fingerprint density at radius 3 is 2.81 bits per heavy atom. The minimum atomic E-state index is -0.417. The summed E-state index contributed by atoms with van der Waals surface area (Å²) in [6.07, 6.45) is 1.67. The number of benzene rings is 1. The Morgan fingerprint density at radius 2 is 2.19 bits per heavy atom. The lowest BCUT2D eigenvalue weighted by Gasteiger charge is -2.31. The van der Waals surface area contributed by atoms with E-state index in [1.807, 2.05) is 19.9 Å². The van der Waals surface area contributed by atoms with Crippen LogP contribution in [0.15, 0.2) is 41.7 Å². The number of carbonyl (C=O) groups is 1. The van der Waals surface area contributed by atoms with E-state index >= 15 is 0 Å². The fourth-order valence-corrected chi connectivity index (χ4v) is 3.62. The van der Waals surface area contributed by atoms with Crippen molar-refractivity contribution >= 4 is 23.1 Å². The van der Waals surface area contributed by atoms with Crippen molar-refractivity contribution < 1.29 is 9.53 Å². The van der Waals surface area contributed by atoms with E-state index in [0.29, 0.717) is 28.6 Å². The van der Waals surface area contributed by atoms with Crippen LogP contribution in [-0.4, -0.2) is 17.4 Å². The first-order valence-corrected chi connectivity index (χ1v) is 8.65. The average molecular weight is 368 g/mol. The first kappa shape index (κ1) is 18.0. The number of hydrogen-bond acceptors (Lipinski definition) is 5. The van der Waals surface area contributed by atoms with Crippen molar-refractivity contribution in [1.29, 1.82) is 5.26 Å². The van der Waals surface area contributed by atoms with Gasteiger partial charge in [0.25, 0.3) is 0 Å². The van der Waals surface area contributed by atoms with E-state index in [-0.39, 0.29) is 5.78 Å². The number of anilines is 1. The molecular weight excluding hydrogens is 350 g/mol. The number of nitrogens with one attached hydrogen (secondary N) is 1. The summed E-state index contributed by atoms with van der Waals surface area (Å²) >= 11 is 6.49. The van der Waals surface area contributed by atoms with Crippen LogP contribution in [-0.2, 0) is 4.79 Å². The van der Waals surface area contributed by atoms with Crippen LogP contribution < -0.4 is 10.1 Å². The lowest BCUT2D eigenvalue weighted by molar-refractivity contribution is -0.113. The van der Waals surface area contributed by atoms with Gasteiger partial charge in [-0.05, 0) is 44.5 Å². The highest BCUT2D eigenvalue weighted by Crippen LogP contribution is 2.47. The van der Waals surface area contributed by atoms with Gasteiger partial charge in [-0.15, -0.1) is 0 Å². The second-order valence-corrected chi connectivity index (χ2v) is 6.42. The van der Waals surface area contributed by atoms with Gasteiger partial charge in [-0.2, -0.15) is 5.26 Å². The molecule has 0 saturated carbocycles. The molecule has 0 saturated heterocycles. The summed E-state index contributed by atoms with van der Waals surface area (Å²) in [7, 11) is 0. The number of rotatable bonds is 4. The van der Waals surface area contributed by atoms with Crippen LogP contribution in [0.3, 0.4) is 0 Å². The first-order chi connectivity index (χ1) is 12.5. The summed E-state index contributed by atoms with van der Waals surface area (Å²) in [4.78, 5) is 16.8. The zero-order valence-corrected chi connectivity index (χ0v) is 15.5. The third-order valence-corrected chi connectivity index (χ3v) is 4.69. The Labute approximate surface area is 157 Å². The number of Topliss-reactive ketones (excluding diaryl/α,β-unsaturated/α-hetero) is 1. The van der Waals surface area contributed by atoms with E-state index in [4.69, 9.17) is 21.6 Å². The molecule has 1 aromatic heterocycles. The lowest BCUT2D eigenvalue weighted by atomic mass is 9.79. The molecule has 0 radical (unpaired) electrons. The molecule has 0 spiro atoms. The Kier molecular flexibility index (Phi) is 4.97. The summed E-state index contributed by atoms with van der Waals surface area (Å²) in [5.41, 5.74) is 4.19. The van der Waals surface area contributed by atoms with Crippen LogP contribution in [0, 0.1) is 11.3 Å². The van der Waals surface area contributed by atoms with Gasteiger partial charge in [0.2, 0.25) is 5.88 Å². The number of nitrogens with zero attached hydrogens (tertiary/aromatic N) is 2. The number of allylic oxidation sites excluding steroid dienone is 2. The van der Waals surface area contributed by atoms with Crippen molar-refractivity contribution in [2.45, 2.75) is 26.7 Å². The molecule has 6 heteroatoms. The standard InChI is InChI=1S/C20H18ClN3O2/c1-4-26-20-19-16(7-8-23-20)24-11(2)17(12(3)25)18(19)14-6-5-13(10-22)9-15(14)21/h5-9,18,24H,4H2,1-3H3. The molecular formula is C20H18ClN3O2.